The molecule has 0 spiro atoms. The molecule has 0 saturated carbocycles. The number of hydrogen-bond donors (Lipinski definition) is 2. The Bertz CT molecular complexity index is 877. The van der Waals surface area contributed by atoms with Crippen molar-refractivity contribution < 1.29 is 13.6 Å². The molecule has 2 N–H and O–H groups in total. The fourth-order valence-corrected chi connectivity index (χ4v) is 2.46. The standard InChI is InChI=1S/C18H16F2N4O/c1-24-11-10-21-17(24)16(12-6-8-13(19)9-7-12)23-18(25)22-15-5-3-2-4-14(15)20/h2-11,16H,1H3,(H2,22,23,25)/t16-/m0/s1. The van der Waals surface area contributed by atoms with E-state index in [0.29, 0.717) is 11.4 Å². The molecule has 0 bridgehead atoms. The molecule has 5 nitrogen and oxygen atoms in total. The van der Waals surface area contributed by atoms with Crippen LogP contribution in [-0.4, -0.2) is 15.6 Å². The highest BCUT2D eigenvalue weighted by Crippen LogP contribution is 2.21. The molecular formula is C18H16F2N4O. The van der Waals surface area contributed by atoms with E-state index in [-0.39, 0.29) is 11.5 Å². The lowest BCUT2D eigenvalue weighted by molar-refractivity contribution is 0.249. The predicted molar refractivity (Wildman–Crippen MR) is 90.0 cm³/mol. The number of para-hydroxylation sites is 1. The monoisotopic (exact) mass is 342 g/mol. The third kappa shape index (κ3) is 3.82. The Kier molecular flexibility index (Phi) is 4.74. The number of halogens is 2. The Balaban J connectivity index is 1.85. The van der Waals surface area contributed by atoms with Crippen LogP contribution in [0.3, 0.4) is 0 Å². The molecule has 0 saturated heterocycles. The fraction of sp³-hybridized carbons (Fsp3) is 0.111. The van der Waals surface area contributed by atoms with Crippen LogP contribution in [0.15, 0.2) is 60.9 Å². The first-order valence-electron chi connectivity index (χ1n) is 7.59. The molecular weight excluding hydrogens is 326 g/mol. The Morgan fingerprint density at radius 2 is 1.84 bits per heavy atom. The first kappa shape index (κ1) is 16.6. The zero-order valence-corrected chi connectivity index (χ0v) is 13.4. The Hall–Kier alpha value is -3.22. The van der Waals surface area contributed by atoms with Gasteiger partial charge in [-0.3, -0.25) is 0 Å². The molecule has 0 unspecified atom stereocenters. The minimum absolute atomic E-state index is 0.0673. The van der Waals surface area contributed by atoms with E-state index in [4.69, 9.17) is 0 Å². The lowest BCUT2D eigenvalue weighted by atomic mass is 10.1. The van der Waals surface area contributed by atoms with Crippen LogP contribution in [0.1, 0.15) is 17.4 Å². The fourth-order valence-electron chi connectivity index (χ4n) is 2.46. The molecule has 0 fully saturated rings. The van der Waals surface area contributed by atoms with Gasteiger partial charge in [0.15, 0.2) is 0 Å². The van der Waals surface area contributed by atoms with Crippen LogP contribution >= 0.6 is 0 Å². The zero-order chi connectivity index (χ0) is 17.8. The number of imidazole rings is 1. The lowest BCUT2D eigenvalue weighted by Gasteiger charge is -2.19. The van der Waals surface area contributed by atoms with Gasteiger partial charge in [0, 0.05) is 19.4 Å². The Labute approximate surface area is 143 Å². The minimum Gasteiger partial charge on any atom is -0.336 e. The summed E-state index contributed by atoms with van der Waals surface area (Å²) in [5.74, 6) is -0.346. The number of hydrogen-bond acceptors (Lipinski definition) is 2. The number of nitrogens with one attached hydrogen (secondary N) is 2. The van der Waals surface area contributed by atoms with Crippen LogP contribution < -0.4 is 10.6 Å². The van der Waals surface area contributed by atoms with Crippen LogP contribution in [0.25, 0.3) is 0 Å². The van der Waals surface area contributed by atoms with Crippen LogP contribution in [0, 0.1) is 11.6 Å². The number of rotatable bonds is 4. The molecule has 0 radical (unpaired) electrons. The summed E-state index contributed by atoms with van der Waals surface area (Å²) in [6, 6.07) is 10.4. The number of carbonyl (C=O) groups excluding carboxylic acids is 1. The number of urea groups is 1. The van der Waals surface area contributed by atoms with Gasteiger partial charge in [0.25, 0.3) is 0 Å². The highest BCUT2D eigenvalue weighted by atomic mass is 19.1. The molecule has 7 heteroatoms. The highest BCUT2D eigenvalue weighted by Gasteiger charge is 2.21. The van der Waals surface area contributed by atoms with Gasteiger partial charge in [-0.2, -0.15) is 0 Å². The largest absolute Gasteiger partial charge is 0.336 e. The van der Waals surface area contributed by atoms with Crippen molar-refractivity contribution in [2.75, 3.05) is 5.32 Å². The molecule has 0 aliphatic rings. The lowest BCUT2D eigenvalue weighted by Crippen LogP contribution is -2.34. The van der Waals surface area contributed by atoms with Gasteiger partial charge in [0.1, 0.15) is 23.5 Å². The summed E-state index contributed by atoms with van der Waals surface area (Å²) in [6.45, 7) is 0. The van der Waals surface area contributed by atoms with Gasteiger partial charge < -0.3 is 15.2 Å². The summed E-state index contributed by atoms with van der Waals surface area (Å²) in [4.78, 5) is 16.6. The van der Waals surface area contributed by atoms with Crippen molar-refractivity contribution in [2.24, 2.45) is 7.05 Å². The van der Waals surface area contributed by atoms with Gasteiger partial charge in [-0.15, -0.1) is 0 Å². The number of aromatic nitrogens is 2. The van der Waals surface area contributed by atoms with Gasteiger partial charge in [0.05, 0.1) is 5.69 Å². The topological polar surface area (TPSA) is 59.0 Å². The third-order valence-corrected chi connectivity index (χ3v) is 3.72. The van der Waals surface area contributed by atoms with Crippen molar-refractivity contribution in [3.8, 4) is 0 Å². The van der Waals surface area contributed by atoms with Crippen molar-refractivity contribution >= 4 is 11.7 Å². The Morgan fingerprint density at radius 1 is 1.12 bits per heavy atom. The average molecular weight is 342 g/mol. The van der Waals surface area contributed by atoms with Crippen molar-refractivity contribution in [3.63, 3.8) is 0 Å². The number of anilines is 1. The Morgan fingerprint density at radius 3 is 2.48 bits per heavy atom. The van der Waals surface area contributed by atoms with Crippen molar-refractivity contribution in [3.05, 3.63) is 83.9 Å². The quantitative estimate of drug-likeness (QED) is 0.761. The smallest absolute Gasteiger partial charge is 0.320 e. The van der Waals surface area contributed by atoms with Crippen LogP contribution in [0.2, 0.25) is 0 Å². The van der Waals surface area contributed by atoms with Crippen molar-refractivity contribution in [2.45, 2.75) is 6.04 Å². The summed E-state index contributed by atoms with van der Waals surface area (Å²) in [6.07, 6.45) is 3.34. The van der Waals surface area contributed by atoms with E-state index < -0.39 is 17.9 Å². The molecule has 1 atom stereocenters. The molecule has 1 aromatic heterocycles. The number of aryl methyl sites for hydroxylation is 1. The van der Waals surface area contributed by atoms with Crippen LogP contribution in [-0.2, 0) is 7.05 Å². The van der Waals surface area contributed by atoms with Crippen LogP contribution in [0.5, 0.6) is 0 Å². The first-order valence-corrected chi connectivity index (χ1v) is 7.59. The van der Waals surface area contributed by atoms with E-state index in [1.54, 1.807) is 42.2 Å². The van der Waals surface area contributed by atoms with Gasteiger partial charge in [-0.05, 0) is 29.8 Å². The normalized spacial score (nSPS) is 11.8. The van der Waals surface area contributed by atoms with E-state index in [9.17, 15) is 13.6 Å². The second-order valence-electron chi connectivity index (χ2n) is 5.46. The molecule has 2 aromatic carbocycles. The molecule has 3 aromatic rings. The summed E-state index contributed by atoms with van der Waals surface area (Å²) >= 11 is 0. The van der Waals surface area contributed by atoms with E-state index in [0.717, 1.165) is 0 Å². The van der Waals surface area contributed by atoms with E-state index in [1.807, 2.05) is 0 Å². The first-order chi connectivity index (χ1) is 12.0. The number of benzene rings is 2. The molecule has 2 amide bonds. The van der Waals surface area contributed by atoms with E-state index in [2.05, 4.69) is 15.6 Å². The third-order valence-electron chi connectivity index (χ3n) is 3.72. The minimum atomic E-state index is -0.618. The zero-order valence-electron chi connectivity index (χ0n) is 13.4. The predicted octanol–water partition coefficient (Wildman–Crippen LogP) is 3.61. The molecule has 0 aliphatic heterocycles. The van der Waals surface area contributed by atoms with Gasteiger partial charge in [0.2, 0.25) is 0 Å². The van der Waals surface area contributed by atoms with Gasteiger partial charge >= 0.3 is 6.03 Å². The summed E-state index contributed by atoms with van der Waals surface area (Å²) in [5.41, 5.74) is 0.720. The molecule has 25 heavy (non-hydrogen) atoms. The van der Waals surface area contributed by atoms with Crippen LogP contribution in [0.4, 0.5) is 19.3 Å². The van der Waals surface area contributed by atoms with Gasteiger partial charge in [-0.25, -0.2) is 18.6 Å². The maximum absolute atomic E-state index is 13.7. The SMILES string of the molecule is Cn1ccnc1[C@@H](NC(=O)Nc1ccccc1F)c1ccc(F)cc1. The molecule has 3 rings (SSSR count). The number of carbonyl (C=O) groups is 1. The summed E-state index contributed by atoms with van der Waals surface area (Å²) in [5, 5.41) is 5.22. The molecule has 1 heterocycles. The molecule has 128 valence electrons. The molecule has 0 aliphatic carbocycles. The summed E-state index contributed by atoms with van der Waals surface area (Å²) in [7, 11) is 1.79. The van der Waals surface area contributed by atoms with Crippen molar-refractivity contribution in [1.29, 1.82) is 0 Å². The maximum atomic E-state index is 13.7. The maximum Gasteiger partial charge on any atom is 0.320 e. The van der Waals surface area contributed by atoms with E-state index in [1.165, 1.54) is 30.3 Å². The highest BCUT2D eigenvalue weighted by molar-refractivity contribution is 5.89. The second kappa shape index (κ2) is 7.12. The van der Waals surface area contributed by atoms with Gasteiger partial charge in [-0.1, -0.05) is 24.3 Å². The van der Waals surface area contributed by atoms with E-state index >= 15 is 0 Å². The van der Waals surface area contributed by atoms with Crippen molar-refractivity contribution in [1.82, 2.24) is 14.9 Å². The summed E-state index contributed by atoms with van der Waals surface area (Å²) < 4.78 is 28.6. The average Bonchev–Trinajstić information content (AvgIpc) is 3.01. The number of amides is 2. The second-order valence-corrected chi connectivity index (χ2v) is 5.46. The number of nitrogens with zero attached hydrogens (tertiary/aromatic N) is 2.